The zero-order chi connectivity index (χ0) is 20.4. The fourth-order valence-electron chi connectivity index (χ4n) is 3.32. The van der Waals surface area contributed by atoms with Crippen LogP contribution in [0.2, 0.25) is 0 Å². The van der Waals surface area contributed by atoms with Crippen molar-refractivity contribution in [2.24, 2.45) is 0 Å². The van der Waals surface area contributed by atoms with Crippen molar-refractivity contribution in [3.05, 3.63) is 70.5 Å². The van der Waals surface area contributed by atoms with E-state index in [4.69, 9.17) is 4.74 Å². The van der Waals surface area contributed by atoms with E-state index in [1.165, 1.54) is 5.56 Å². The van der Waals surface area contributed by atoms with E-state index in [2.05, 4.69) is 40.5 Å². The minimum atomic E-state index is -0.243. The summed E-state index contributed by atoms with van der Waals surface area (Å²) in [4.78, 5) is 22.4. The summed E-state index contributed by atoms with van der Waals surface area (Å²) in [5, 5.41) is 0.945. The van der Waals surface area contributed by atoms with Gasteiger partial charge in [0.25, 0.3) is 0 Å². The number of ether oxygens (including phenoxy) is 1. The molecule has 0 saturated carbocycles. The molecule has 0 bridgehead atoms. The van der Waals surface area contributed by atoms with Crippen LogP contribution in [0.15, 0.2) is 48.8 Å². The Morgan fingerprint density at radius 2 is 2.00 bits per heavy atom. The third-order valence-corrected chi connectivity index (χ3v) is 6.19. The van der Waals surface area contributed by atoms with Gasteiger partial charge in [0, 0.05) is 17.0 Å². The first kappa shape index (κ1) is 19.3. The Morgan fingerprint density at radius 3 is 2.79 bits per heavy atom. The van der Waals surface area contributed by atoms with Crippen LogP contribution in [-0.2, 0) is 29.1 Å². The van der Waals surface area contributed by atoms with Crippen molar-refractivity contribution in [3.8, 4) is 10.6 Å². The summed E-state index contributed by atoms with van der Waals surface area (Å²) in [6.07, 6.45) is 2.07. The fourth-order valence-corrected chi connectivity index (χ4v) is 4.46. The lowest BCUT2D eigenvalue weighted by atomic mass is 10.1. The average Bonchev–Trinajstić information content (AvgIpc) is 3.29. The quantitative estimate of drug-likeness (QED) is 0.420. The number of benzene rings is 2. The van der Waals surface area contributed by atoms with Crippen molar-refractivity contribution >= 4 is 28.3 Å². The van der Waals surface area contributed by atoms with Crippen LogP contribution in [0.25, 0.3) is 21.6 Å². The minimum absolute atomic E-state index is 0.238. The van der Waals surface area contributed by atoms with Gasteiger partial charge in [0.1, 0.15) is 11.6 Å². The zero-order valence-corrected chi connectivity index (χ0v) is 17.6. The molecule has 6 heteroatoms. The predicted molar refractivity (Wildman–Crippen MR) is 116 cm³/mol. The normalized spacial score (nSPS) is 11.1. The first-order valence-corrected chi connectivity index (χ1v) is 10.5. The van der Waals surface area contributed by atoms with E-state index in [1.807, 2.05) is 43.6 Å². The summed E-state index contributed by atoms with van der Waals surface area (Å²) in [7, 11) is 0. The molecule has 0 aliphatic rings. The maximum Gasteiger partial charge on any atom is 0.311 e. The first-order valence-electron chi connectivity index (χ1n) is 9.67. The van der Waals surface area contributed by atoms with Gasteiger partial charge in [0.05, 0.1) is 29.5 Å². The highest BCUT2D eigenvalue weighted by Gasteiger charge is 2.15. The Kier molecular flexibility index (Phi) is 5.45. The second-order valence-electron chi connectivity index (χ2n) is 7.03. The highest BCUT2D eigenvalue weighted by molar-refractivity contribution is 7.15. The van der Waals surface area contributed by atoms with Crippen molar-refractivity contribution < 1.29 is 9.53 Å². The van der Waals surface area contributed by atoms with E-state index >= 15 is 0 Å². The number of aromatic nitrogens is 3. The van der Waals surface area contributed by atoms with E-state index in [-0.39, 0.29) is 19.0 Å². The maximum absolute atomic E-state index is 12.4. The standard InChI is InChI=1S/C23H23N3O2S/c1-4-26-14-24-19-11-17(9-10-20(19)26)13-28-22(27)12-21-16(3)25-23(29-21)18-8-6-5-7-15(18)2/h5-11,14H,4,12-13H2,1-3H3. The van der Waals surface area contributed by atoms with Crippen LogP contribution < -0.4 is 0 Å². The molecule has 0 spiro atoms. The predicted octanol–water partition coefficient (Wildman–Crippen LogP) is 5.08. The van der Waals surface area contributed by atoms with Crippen LogP contribution in [0.1, 0.15) is 28.6 Å². The van der Waals surface area contributed by atoms with E-state index in [0.29, 0.717) is 0 Å². The van der Waals surface area contributed by atoms with Gasteiger partial charge in [-0.15, -0.1) is 11.3 Å². The zero-order valence-electron chi connectivity index (χ0n) is 16.8. The van der Waals surface area contributed by atoms with E-state index in [9.17, 15) is 4.79 Å². The van der Waals surface area contributed by atoms with Crippen LogP contribution in [0.3, 0.4) is 0 Å². The average molecular weight is 406 g/mol. The van der Waals surface area contributed by atoms with Gasteiger partial charge in [-0.2, -0.15) is 0 Å². The number of hydrogen-bond donors (Lipinski definition) is 0. The van der Waals surface area contributed by atoms with Crippen molar-refractivity contribution in [2.45, 2.75) is 40.3 Å². The molecule has 5 nitrogen and oxygen atoms in total. The molecule has 4 rings (SSSR count). The number of thiazole rings is 1. The van der Waals surface area contributed by atoms with Crippen molar-refractivity contribution in [2.75, 3.05) is 0 Å². The molecule has 0 fully saturated rings. The number of carbonyl (C=O) groups is 1. The van der Waals surface area contributed by atoms with Gasteiger partial charge >= 0.3 is 5.97 Å². The lowest BCUT2D eigenvalue weighted by molar-refractivity contribution is -0.144. The van der Waals surface area contributed by atoms with Crippen molar-refractivity contribution in [1.82, 2.24) is 14.5 Å². The van der Waals surface area contributed by atoms with Gasteiger partial charge < -0.3 is 9.30 Å². The molecule has 148 valence electrons. The molecule has 0 saturated heterocycles. The van der Waals surface area contributed by atoms with Gasteiger partial charge in [0.15, 0.2) is 0 Å². The molecule has 2 aromatic heterocycles. The molecule has 0 aliphatic heterocycles. The molecule has 0 atom stereocenters. The molecule has 0 radical (unpaired) electrons. The highest BCUT2D eigenvalue weighted by Crippen LogP contribution is 2.30. The number of esters is 1. The highest BCUT2D eigenvalue weighted by atomic mass is 32.1. The van der Waals surface area contributed by atoms with Crippen molar-refractivity contribution in [3.63, 3.8) is 0 Å². The Hall–Kier alpha value is -2.99. The third kappa shape index (κ3) is 4.07. The molecule has 29 heavy (non-hydrogen) atoms. The molecule has 4 aromatic rings. The van der Waals surface area contributed by atoms with Gasteiger partial charge in [-0.05, 0) is 44.0 Å². The molecule has 0 N–H and O–H groups in total. The summed E-state index contributed by atoms with van der Waals surface area (Å²) < 4.78 is 7.60. The largest absolute Gasteiger partial charge is 0.461 e. The molecule has 0 amide bonds. The van der Waals surface area contributed by atoms with Crippen LogP contribution >= 0.6 is 11.3 Å². The molecule has 0 unspecified atom stereocenters. The van der Waals surface area contributed by atoms with Gasteiger partial charge in [-0.25, -0.2) is 9.97 Å². The molecule has 2 heterocycles. The van der Waals surface area contributed by atoms with Crippen LogP contribution in [0, 0.1) is 13.8 Å². The first-order chi connectivity index (χ1) is 14.0. The summed E-state index contributed by atoms with van der Waals surface area (Å²) in [5.74, 6) is -0.243. The Morgan fingerprint density at radius 1 is 1.17 bits per heavy atom. The summed E-state index contributed by atoms with van der Waals surface area (Å²) >= 11 is 1.56. The lowest BCUT2D eigenvalue weighted by Gasteiger charge is -2.05. The maximum atomic E-state index is 12.4. The molecule has 2 aromatic carbocycles. The second-order valence-corrected chi connectivity index (χ2v) is 8.12. The van der Waals surface area contributed by atoms with Gasteiger partial charge in [0.2, 0.25) is 0 Å². The molecular formula is C23H23N3O2S. The Bertz CT molecular complexity index is 1180. The van der Waals surface area contributed by atoms with E-state index in [0.717, 1.165) is 44.3 Å². The topological polar surface area (TPSA) is 57.0 Å². The number of fused-ring (bicyclic) bond motifs is 1. The van der Waals surface area contributed by atoms with E-state index in [1.54, 1.807) is 11.3 Å². The lowest BCUT2D eigenvalue weighted by Crippen LogP contribution is -2.07. The SMILES string of the molecule is CCn1cnc2cc(COC(=O)Cc3sc(-c4ccccc4C)nc3C)ccc21. The smallest absolute Gasteiger partial charge is 0.311 e. The number of aryl methyl sites for hydroxylation is 3. The molecular weight excluding hydrogens is 382 g/mol. The Labute approximate surface area is 174 Å². The van der Waals surface area contributed by atoms with Crippen LogP contribution in [0.4, 0.5) is 0 Å². The van der Waals surface area contributed by atoms with Crippen LogP contribution in [0.5, 0.6) is 0 Å². The van der Waals surface area contributed by atoms with E-state index < -0.39 is 0 Å². The number of hydrogen-bond acceptors (Lipinski definition) is 5. The number of carbonyl (C=O) groups excluding carboxylic acids is 1. The fraction of sp³-hybridized carbons (Fsp3) is 0.261. The van der Waals surface area contributed by atoms with Gasteiger partial charge in [-0.3, -0.25) is 4.79 Å². The molecule has 0 aliphatic carbocycles. The number of rotatable bonds is 6. The summed E-state index contributed by atoms with van der Waals surface area (Å²) in [6.45, 7) is 7.22. The number of imidazole rings is 1. The monoisotopic (exact) mass is 405 g/mol. The Balaban J connectivity index is 1.42. The summed E-state index contributed by atoms with van der Waals surface area (Å²) in [5.41, 5.74) is 6.12. The minimum Gasteiger partial charge on any atom is -0.461 e. The van der Waals surface area contributed by atoms with Crippen molar-refractivity contribution in [1.29, 1.82) is 0 Å². The summed E-state index contributed by atoms with van der Waals surface area (Å²) in [6, 6.07) is 14.1. The third-order valence-electron chi connectivity index (χ3n) is 5.00. The second kappa shape index (κ2) is 8.17. The van der Waals surface area contributed by atoms with Crippen LogP contribution in [-0.4, -0.2) is 20.5 Å². The van der Waals surface area contributed by atoms with Gasteiger partial charge in [-0.1, -0.05) is 30.3 Å². The number of nitrogens with zero attached hydrogens (tertiary/aromatic N) is 3.